The summed E-state index contributed by atoms with van der Waals surface area (Å²) < 4.78 is 27.0. The van der Waals surface area contributed by atoms with Crippen LogP contribution in [0.4, 0.5) is 14.5 Å². The Morgan fingerprint density at radius 2 is 1.70 bits per heavy atom. The second-order valence-electron chi connectivity index (χ2n) is 5.36. The van der Waals surface area contributed by atoms with Crippen molar-refractivity contribution in [3.63, 3.8) is 0 Å². The number of nitrogens with one attached hydrogen (secondary N) is 1. The lowest BCUT2D eigenvalue weighted by atomic mass is 9.96. The Balaban J connectivity index is 2.26. The van der Waals surface area contributed by atoms with Crippen LogP contribution >= 0.6 is 0 Å². The molecule has 3 heteroatoms. The Morgan fingerprint density at radius 3 is 2.35 bits per heavy atom. The first-order valence-corrected chi connectivity index (χ1v) is 6.83. The zero-order chi connectivity index (χ0) is 14.5. The predicted octanol–water partition coefficient (Wildman–Crippen LogP) is 5.16. The van der Waals surface area contributed by atoms with Gasteiger partial charge in [-0.3, -0.25) is 0 Å². The predicted molar refractivity (Wildman–Crippen MR) is 78.6 cm³/mol. The van der Waals surface area contributed by atoms with E-state index in [0.29, 0.717) is 5.92 Å². The monoisotopic (exact) mass is 275 g/mol. The van der Waals surface area contributed by atoms with Crippen molar-refractivity contribution in [3.05, 3.63) is 65.7 Å². The fourth-order valence-electron chi connectivity index (χ4n) is 2.23. The van der Waals surface area contributed by atoms with E-state index in [1.807, 2.05) is 30.3 Å². The molecule has 0 heterocycles. The van der Waals surface area contributed by atoms with E-state index < -0.39 is 11.6 Å². The van der Waals surface area contributed by atoms with Gasteiger partial charge in [0, 0.05) is 0 Å². The van der Waals surface area contributed by atoms with E-state index in [0.717, 1.165) is 24.1 Å². The maximum absolute atomic E-state index is 13.8. The number of hydrogen-bond acceptors (Lipinski definition) is 1. The largest absolute Gasteiger partial charge is 0.376 e. The molecule has 2 aromatic carbocycles. The van der Waals surface area contributed by atoms with Gasteiger partial charge in [0.2, 0.25) is 0 Å². The van der Waals surface area contributed by atoms with Crippen molar-refractivity contribution in [1.29, 1.82) is 0 Å². The van der Waals surface area contributed by atoms with E-state index in [2.05, 4.69) is 19.2 Å². The lowest BCUT2D eigenvalue weighted by molar-refractivity contribution is 0.526. The summed E-state index contributed by atoms with van der Waals surface area (Å²) in [6.07, 6.45) is 0.847. The summed E-state index contributed by atoms with van der Waals surface area (Å²) in [5.74, 6) is -0.425. The van der Waals surface area contributed by atoms with E-state index in [4.69, 9.17) is 0 Å². The molecule has 1 N–H and O–H groups in total. The van der Waals surface area contributed by atoms with Crippen molar-refractivity contribution in [2.45, 2.75) is 26.3 Å². The van der Waals surface area contributed by atoms with Crippen LogP contribution in [-0.2, 0) is 0 Å². The van der Waals surface area contributed by atoms with E-state index >= 15 is 0 Å². The number of rotatable bonds is 5. The first kappa shape index (κ1) is 14.5. The standard InChI is InChI=1S/C17H19F2N/c1-12(2)10-16(13-6-4-3-5-7-13)20-17-11-14(18)8-9-15(17)19/h3-9,11-12,16,20H,10H2,1-2H3. The number of hydrogen-bond donors (Lipinski definition) is 1. The molecular formula is C17H19F2N. The molecule has 0 spiro atoms. The third-order valence-corrected chi connectivity index (χ3v) is 3.17. The molecule has 0 saturated heterocycles. The molecule has 0 saturated carbocycles. The second kappa shape index (κ2) is 6.51. The molecule has 0 radical (unpaired) electrons. The smallest absolute Gasteiger partial charge is 0.146 e. The number of benzene rings is 2. The molecule has 0 aliphatic carbocycles. The van der Waals surface area contributed by atoms with Gasteiger partial charge in [0.15, 0.2) is 0 Å². The van der Waals surface area contributed by atoms with Gasteiger partial charge in [-0.1, -0.05) is 44.2 Å². The van der Waals surface area contributed by atoms with Crippen LogP contribution in [0.25, 0.3) is 0 Å². The van der Waals surface area contributed by atoms with E-state index in [-0.39, 0.29) is 11.7 Å². The zero-order valence-electron chi connectivity index (χ0n) is 11.7. The molecule has 1 unspecified atom stereocenters. The van der Waals surface area contributed by atoms with Crippen LogP contribution in [-0.4, -0.2) is 0 Å². The van der Waals surface area contributed by atoms with Crippen LogP contribution in [0.3, 0.4) is 0 Å². The Morgan fingerprint density at radius 1 is 1.00 bits per heavy atom. The Hall–Kier alpha value is -1.90. The maximum atomic E-state index is 13.8. The molecule has 106 valence electrons. The van der Waals surface area contributed by atoms with Gasteiger partial charge in [-0.2, -0.15) is 0 Å². The fourth-order valence-corrected chi connectivity index (χ4v) is 2.23. The lowest BCUT2D eigenvalue weighted by Gasteiger charge is -2.22. The quantitative estimate of drug-likeness (QED) is 0.794. The molecule has 2 rings (SSSR count). The molecule has 20 heavy (non-hydrogen) atoms. The fraction of sp³-hybridized carbons (Fsp3) is 0.294. The minimum atomic E-state index is -0.440. The molecule has 0 bridgehead atoms. The van der Waals surface area contributed by atoms with Crippen molar-refractivity contribution >= 4 is 5.69 Å². The zero-order valence-corrected chi connectivity index (χ0v) is 11.7. The van der Waals surface area contributed by atoms with Gasteiger partial charge in [-0.15, -0.1) is 0 Å². The van der Waals surface area contributed by atoms with Crippen LogP contribution < -0.4 is 5.32 Å². The number of anilines is 1. The maximum Gasteiger partial charge on any atom is 0.146 e. The third kappa shape index (κ3) is 3.80. The average Bonchev–Trinajstić information content (AvgIpc) is 2.42. The molecule has 0 aromatic heterocycles. The van der Waals surface area contributed by atoms with Gasteiger partial charge in [0.1, 0.15) is 11.6 Å². The minimum Gasteiger partial charge on any atom is -0.376 e. The van der Waals surface area contributed by atoms with Gasteiger partial charge in [-0.25, -0.2) is 8.78 Å². The Labute approximate surface area is 118 Å². The van der Waals surface area contributed by atoms with Crippen LogP contribution in [0.5, 0.6) is 0 Å². The molecule has 1 nitrogen and oxygen atoms in total. The molecule has 0 amide bonds. The van der Waals surface area contributed by atoms with Gasteiger partial charge < -0.3 is 5.32 Å². The Bertz CT molecular complexity index is 552. The van der Waals surface area contributed by atoms with Crippen molar-refractivity contribution in [3.8, 4) is 0 Å². The summed E-state index contributed by atoms with van der Waals surface area (Å²) in [4.78, 5) is 0. The number of halogens is 2. The average molecular weight is 275 g/mol. The molecule has 1 atom stereocenters. The second-order valence-corrected chi connectivity index (χ2v) is 5.36. The van der Waals surface area contributed by atoms with Gasteiger partial charge in [-0.05, 0) is 36.1 Å². The first-order chi connectivity index (χ1) is 9.56. The molecule has 0 fully saturated rings. The molecule has 0 aliphatic heterocycles. The SMILES string of the molecule is CC(C)CC(Nc1cc(F)ccc1F)c1ccccc1. The van der Waals surface area contributed by atoms with E-state index in [1.165, 1.54) is 6.07 Å². The highest BCUT2D eigenvalue weighted by Crippen LogP contribution is 2.27. The highest BCUT2D eigenvalue weighted by atomic mass is 19.1. The van der Waals surface area contributed by atoms with Crippen molar-refractivity contribution in [2.24, 2.45) is 5.92 Å². The van der Waals surface area contributed by atoms with Crippen molar-refractivity contribution in [1.82, 2.24) is 0 Å². The highest BCUT2D eigenvalue weighted by molar-refractivity contribution is 5.47. The Kier molecular flexibility index (Phi) is 4.72. The van der Waals surface area contributed by atoms with Gasteiger partial charge in [0.05, 0.1) is 11.7 Å². The first-order valence-electron chi connectivity index (χ1n) is 6.83. The third-order valence-electron chi connectivity index (χ3n) is 3.17. The summed E-state index contributed by atoms with van der Waals surface area (Å²) in [7, 11) is 0. The summed E-state index contributed by atoms with van der Waals surface area (Å²) in [6.45, 7) is 4.22. The minimum absolute atomic E-state index is 0.0347. The highest BCUT2D eigenvalue weighted by Gasteiger charge is 2.15. The van der Waals surface area contributed by atoms with Crippen molar-refractivity contribution < 1.29 is 8.78 Å². The van der Waals surface area contributed by atoms with Crippen LogP contribution in [0, 0.1) is 17.6 Å². The summed E-state index contributed by atoms with van der Waals surface area (Å²) in [5.41, 5.74) is 1.28. The van der Waals surface area contributed by atoms with E-state index in [9.17, 15) is 8.78 Å². The molecule has 0 aliphatic rings. The van der Waals surface area contributed by atoms with Crippen LogP contribution in [0.15, 0.2) is 48.5 Å². The van der Waals surface area contributed by atoms with Crippen LogP contribution in [0.1, 0.15) is 31.9 Å². The van der Waals surface area contributed by atoms with Crippen molar-refractivity contribution in [2.75, 3.05) is 5.32 Å². The lowest BCUT2D eigenvalue weighted by Crippen LogP contribution is -2.14. The topological polar surface area (TPSA) is 12.0 Å². The van der Waals surface area contributed by atoms with E-state index in [1.54, 1.807) is 0 Å². The van der Waals surface area contributed by atoms with Gasteiger partial charge in [0.25, 0.3) is 0 Å². The summed E-state index contributed by atoms with van der Waals surface area (Å²) in [5, 5.41) is 3.12. The summed E-state index contributed by atoms with van der Waals surface area (Å²) >= 11 is 0. The molecule has 2 aromatic rings. The normalized spacial score (nSPS) is 12.4. The molecular weight excluding hydrogens is 256 g/mol. The van der Waals surface area contributed by atoms with Gasteiger partial charge >= 0.3 is 0 Å². The summed E-state index contributed by atoms with van der Waals surface area (Å²) in [6, 6.07) is 13.3. The van der Waals surface area contributed by atoms with Crippen LogP contribution in [0.2, 0.25) is 0 Å².